The number of aliphatic imine (C=N–C) groups is 1. The first-order valence-corrected chi connectivity index (χ1v) is 20.9. The molecule has 2 aliphatic rings. The topological polar surface area (TPSA) is 326 Å². The Morgan fingerprint density at radius 2 is 1.62 bits per heavy atom. The molecule has 0 bridgehead atoms. The molecule has 0 radical (unpaired) electrons. The van der Waals surface area contributed by atoms with Crippen LogP contribution in [0.5, 0.6) is 0 Å². The number of fused-ring (bicyclic) bond motifs is 2. The smallest absolute Gasteiger partial charge is 0.305 e. The van der Waals surface area contributed by atoms with E-state index in [9.17, 15) is 43.5 Å². The van der Waals surface area contributed by atoms with E-state index in [-0.39, 0.29) is 63.7 Å². The van der Waals surface area contributed by atoms with Crippen LogP contribution in [0.25, 0.3) is 10.9 Å². The summed E-state index contributed by atoms with van der Waals surface area (Å²) in [5.41, 5.74) is 17.8. The number of carbonyl (C=O) groups excluding carboxylic acids is 7. The van der Waals surface area contributed by atoms with Gasteiger partial charge in [0.05, 0.1) is 13.0 Å². The molecule has 2 fully saturated rings. The number of aliphatic carboxylic acids is 1. The second-order valence-electron chi connectivity index (χ2n) is 13.5. The molecule has 1 aromatic heterocycles. The number of hydrogen-bond donors (Lipinski definition) is 10. The molecule has 2 aromatic rings. The van der Waals surface area contributed by atoms with E-state index in [0.717, 1.165) is 10.9 Å². The van der Waals surface area contributed by atoms with Gasteiger partial charge in [0.25, 0.3) is 0 Å². The maximum atomic E-state index is 14.3. The normalized spacial score (nSPS) is 23.2. The molecule has 0 unspecified atom stereocenters. The second-order valence-corrected chi connectivity index (χ2v) is 16.1. The zero-order chi connectivity index (χ0) is 41.5. The van der Waals surface area contributed by atoms with Gasteiger partial charge in [0.2, 0.25) is 41.4 Å². The van der Waals surface area contributed by atoms with Crippen molar-refractivity contribution in [3.05, 3.63) is 36.0 Å². The SMILES string of the molecule is C.NC(=O)[C@@H]1CSSCCC(=O)N[C@@H](CCCCN=C(N)N)C(=O)NCC(=O)N[C@@H](CC(=O)O)C(=O)N[C@@H](Cc2c[nH]c3ccccc23)C(=O)N2CCC[C@H]2C(=O)N1. The lowest BCUT2D eigenvalue weighted by Gasteiger charge is -2.30. The summed E-state index contributed by atoms with van der Waals surface area (Å²) in [4.78, 5) is 114. The summed E-state index contributed by atoms with van der Waals surface area (Å²) in [6, 6.07) is 1.07. The number of para-hydroxylation sites is 1. The van der Waals surface area contributed by atoms with Crippen molar-refractivity contribution in [2.75, 3.05) is 31.1 Å². The third-order valence-corrected chi connectivity index (χ3v) is 11.7. The molecule has 7 amide bonds. The lowest BCUT2D eigenvalue weighted by Crippen LogP contribution is -2.59. The average molecular weight is 848 g/mol. The van der Waals surface area contributed by atoms with Crippen molar-refractivity contribution >= 4 is 85.8 Å². The Bertz CT molecular complexity index is 1840. The Balaban J connectivity index is 0.00000900. The van der Waals surface area contributed by atoms with Gasteiger partial charge in [0.15, 0.2) is 5.96 Å². The highest BCUT2D eigenvalue weighted by Crippen LogP contribution is 2.25. The summed E-state index contributed by atoms with van der Waals surface area (Å²) < 4.78 is 0. The molecule has 22 heteroatoms. The molecule has 1 aromatic carbocycles. The summed E-state index contributed by atoms with van der Waals surface area (Å²) in [6.07, 6.45) is 2.48. The Hall–Kier alpha value is -5.51. The van der Waals surface area contributed by atoms with Gasteiger partial charge >= 0.3 is 5.97 Å². The Morgan fingerprint density at radius 1 is 0.879 bits per heavy atom. The number of rotatable bonds is 10. The molecule has 0 spiro atoms. The molecule has 2 aliphatic heterocycles. The standard InChI is InChI=1S/C35H49N11O9S2.CH4/c36-30(51)25-18-57-56-13-10-27(47)42-22(8-3-4-11-39-35(37)38)31(52)41-17-28(48)43-23(15-29(49)50)32(53)44-24(14-19-16-40-21-7-2-1-6-20(19)21)34(55)46-12-5-9-26(46)33(54)45-25;/h1-2,6-7,16,22-26,40H,3-5,8-15,17-18H2,(H2,36,51)(H,41,52)(H,42,47)(H,43,48)(H,44,53)(H,45,54)(H,49,50)(H4,37,38,39);1H4/t22-,23-,24-,25-,26-;/m0./s1. The molecule has 318 valence electrons. The van der Waals surface area contributed by atoms with E-state index in [2.05, 4.69) is 36.6 Å². The summed E-state index contributed by atoms with van der Waals surface area (Å²) in [5, 5.41) is 23.1. The molecule has 5 atom stereocenters. The largest absolute Gasteiger partial charge is 0.481 e. The van der Waals surface area contributed by atoms with Gasteiger partial charge in [0.1, 0.15) is 30.2 Å². The number of unbranched alkanes of at least 4 members (excludes halogenated alkanes) is 1. The zero-order valence-electron chi connectivity index (χ0n) is 31.1. The highest BCUT2D eigenvalue weighted by atomic mass is 33.1. The number of amides is 7. The third-order valence-electron chi connectivity index (χ3n) is 9.24. The fourth-order valence-electron chi connectivity index (χ4n) is 6.39. The van der Waals surface area contributed by atoms with Crippen molar-refractivity contribution < 1.29 is 43.5 Å². The number of aromatic nitrogens is 1. The van der Waals surface area contributed by atoms with Crippen molar-refractivity contribution in [1.29, 1.82) is 0 Å². The molecule has 2 saturated heterocycles. The molecule has 58 heavy (non-hydrogen) atoms. The zero-order valence-corrected chi connectivity index (χ0v) is 32.8. The predicted molar refractivity (Wildman–Crippen MR) is 220 cm³/mol. The van der Waals surface area contributed by atoms with Crippen LogP contribution < -0.4 is 43.8 Å². The van der Waals surface area contributed by atoms with Gasteiger partial charge in [-0.05, 0) is 43.7 Å². The monoisotopic (exact) mass is 847 g/mol. The maximum Gasteiger partial charge on any atom is 0.305 e. The van der Waals surface area contributed by atoms with Crippen molar-refractivity contribution in [1.82, 2.24) is 36.5 Å². The summed E-state index contributed by atoms with van der Waals surface area (Å²) in [5.74, 6) is -6.35. The first kappa shape index (κ1) is 46.9. The fourth-order valence-corrected chi connectivity index (χ4v) is 8.56. The molecular formula is C36H53N11O9S2. The number of guanidine groups is 1. The Labute approximate surface area is 343 Å². The van der Waals surface area contributed by atoms with Crippen LogP contribution in [0.1, 0.15) is 57.9 Å². The number of aromatic amines is 1. The first-order chi connectivity index (χ1) is 27.2. The van der Waals surface area contributed by atoms with Crippen LogP contribution >= 0.6 is 21.6 Å². The van der Waals surface area contributed by atoms with E-state index in [0.29, 0.717) is 24.8 Å². The lowest BCUT2D eigenvalue weighted by atomic mass is 10.0. The van der Waals surface area contributed by atoms with E-state index in [1.807, 2.05) is 18.2 Å². The number of nitrogens with two attached hydrogens (primary N) is 3. The fraction of sp³-hybridized carbons (Fsp3) is 0.528. The maximum absolute atomic E-state index is 14.3. The summed E-state index contributed by atoms with van der Waals surface area (Å²) in [6.45, 7) is -0.233. The Morgan fingerprint density at radius 3 is 2.34 bits per heavy atom. The molecule has 0 saturated carbocycles. The van der Waals surface area contributed by atoms with Crippen LogP contribution in [0.4, 0.5) is 0 Å². The van der Waals surface area contributed by atoms with Crippen molar-refractivity contribution in [2.45, 2.75) is 89.0 Å². The number of H-pyrrole nitrogens is 1. The number of nitrogens with zero attached hydrogens (tertiary/aromatic N) is 2. The molecule has 3 heterocycles. The van der Waals surface area contributed by atoms with Gasteiger partial charge in [-0.25, -0.2) is 0 Å². The van der Waals surface area contributed by atoms with Crippen LogP contribution in [0.15, 0.2) is 35.5 Å². The van der Waals surface area contributed by atoms with Gasteiger partial charge < -0.3 is 58.8 Å². The molecular weight excluding hydrogens is 795 g/mol. The number of carboxylic acid groups (broad SMARTS) is 1. The van der Waals surface area contributed by atoms with Crippen LogP contribution in [0.2, 0.25) is 0 Å². The minimum Gasteiger partial charge on any atom is -0.481 e. The van der Waals surface area contributed by atoms with Crippen molar-refractivity contribution in [3.8, 4) is 0 Å². The minimum absolute atomic E-state index is 0. The Kier molecular flexibility index (Phi) is 18.6. The highest BCUT2D eigenvalue weighted by Gasteiger charge is 2.40. The van der Waals surface area contributed by atoms with Gasteiger partial charge in [-0.3, -0.25) is 43.3 Å². The number of benzene rings is 1. The van der Waals surface area contributed by atoms with E-state index >= 15 is 0 Å². The van der Waals surface area contributed by atoms with Gasteiger partial charge in [-0.15, -0.1) is 0 Å². The summed E-state index contributed by atoms with van der Waals surface area (Å²) >= 11 is 0. The predicted octanol–water partition coefficient (Wildman–Crippen LogP) is -1.42. The second kappa shape index (κ2) is 23.0. The van der Waals surface area contributed by atoms with E-state index in [1.54, 1.807) is 12.3 Å². The van der Waals surface area contributed by atoms with Gasteiger partial charge in [0, 0.05) is 54.5 Å². The number of primary amides is 1. The van der Waals surface area contributed by atoms with Crippen LogP contribution in [0.3, 0.4) is 0 Å². The average Bonchev–Trinajstić information content (AvgIpc) is 3.82. The van der Waals surface area contributed by atoms with Crippen LogP contribution in [-0.4, -0.2) is 130 Å². The van der Waals surface area contributed by atoms with Crippen molar-refractivity contribution in [2.24, 2.45) is 22.2 Å². The van der Waals surface area contributed by atoms with Crippen LogP contribution in [0, 0.1) is 0 Å². The van der Waals surface area contributed by atoms with Gasteiger partial charge in [-0.1, -0.05) is 47.2 Å². The minimum atomic E-state index is -1.68. The number of carbonyl (C=O) groups is 8. The van der Waals surface area contributed by atoms with Gasteiger partial charge in [-0.2, -0.15) is 0 Å². The number of nitrogens with one attached hydrogen (secondary N) is 6. The number of carboxylic acids is 1. The van der Waals surface area contributed by atoms with Crippen molar-refractivity contribution in [3.63, 3.8) is 0 Å². The quantitative estimate of drug-likeness (QED) is 0.0569. The number of hydrogen-bond acceptors (Lipinski definition) is 11. The summed E-state index contributed by atoms with van der Waals surface area (Å²) in [7, 11) is 2.45. The lowest BCUT2D eigenvalue weighted by molar-refractivity contribution is -0.143. The first-order valence-electron chi connectivity index (χ1n) is 18.4. The van der Waals surface area contributed by atoms with E-state index in [4.69, 9.17) is 17.2 Å². The molecule has 20 nitrogen and oxygen atoms in total. The van der Waals surface area contributed by atoms with E-state index in [1.165, 1.54) is 26.5 Å². The molecule has 0 aliphatic carbocycles. The van der Waals surface area contributed by atoms with E-state index < -0.39 is 90.5 Å². The third kappa shape index (κ3) is 14.1. The molecule has 13 N–H and O–H groups in total. The van der Waals surface area contributed by atoms with Crippen LogP contribution in [-0.2, 0) is 44.8 Å². The molecule has 4 rings (SSSR count). The highest BCUT2D eigenvalue weighted by molar-refractivity contribution is 8.76.